The number of carboxylic acids is 1. The molecular weight excluding hydrogens is 594 g/mol. The molecule has 0 aliphatic heterocycles. The number of amides is 2. The third-order valence-corrected chi connectivity index (χ3v) is 6.90. The molecule has 0 spiro atoms. The zero-order chi connectivity index (χ0) is 32.8. The van der Waals surface area contributed by atoms with Gasteiger partial charge in [0.25, 0.3) is 0 Å². The molecule has 2 aromatic carbocycles. The maximum absolute atomic E-state index is 14.9. The summed E-state index contributed by atoms with van der Waals surface area (Å²) in [4.78, 5) is 44.0. The van der Waals surface area contributed by atoms with Crippen LogP contribution in [0.3, 0.4) is 0 Å². The first-order chi connectivity index (χ1) is 20.5. The lowest BCUT2D eigenvalue weighted by Gasteiger charge is -2.40. The number of nitrogens with one attached hydrogen (secondary N) is 1. The molecule has 44 heavy (non-hydrogen) atoms. The Morgan fingerprint density at radius 3 is 2.30 bits per heavy atom. The minimum atomic E-state index is -1.38. The molecule has 9 nitrogen and oxygen atoms in total. The van der Waals surface area contributed by atoms with Gasteiger partial charge in [-0.1, -0.05) is 51.1 Å². The van der Waals surface area contributed by atoms with Gasteiger partial charge in [-0.05, 0) is 56.4 Å². The fourth-order valence-electron chi connectivity index (χ4n) is 4.82. The van der Waals surface area contributed by atoms with Gasteiger partial charge in [0.05, 0.1) is 11.7 Å². The Hall–Kier alpha value is -3.99. The van der Waals surface area contributed by atoms with Gasteiger partial charge in [-0.3, -0.25) is 4.79 Å². The molecule has 3 aromatic rings. The van der Waals surface area contributed by atoms with E-state index in [1.165, 1.54) is 4.90 Å². The summed E-state index contributed by atoms with van der Waals surface area (Å²) < 4.78 is 36.1. The zero-order valence-electron chi connectivity index (χ0n) is 25.7. The van der Waals surface area contributed by atoms with Crippen molar-refractivity contribution in [2.45, 2.75) is 72.2 Å². The molecule has 1 aromatic heterocycles. The highest BCUT2D eigenvalue weighted by atomic mass is 35.5. The number of alkyl halides is 1. The summed E-state index contributed by atoms with van der Waals surface area (Å²) in [5, 5.41) is 12.2. The molecule has 0 fully saturated rings. The van der Waals surface area contributed by atoms with Crippen molar-refractivity contribution in [1.82, 2.24) is 19.8 Å². The average Bonchev–Trinajstić information content (AvgIpc) is 3.32. The monoisotopic (exact) mass is 632 g/mol. The van der Waals surface area contributed by atoms with Crippen LogP contribution in [0.25, 0.3) is 11.3 Å². The van der Waals surface area contributed by atoms with Gasteiger partial charge in [-0.25, -0.2) is 23.4 Å². The molecule has 0 saturated carbocycles. The number of rotatable bonds is 11. The molecule has 0 unspecified atom stereocenters. The molecule has 238 valence electrons. The van der Waals surface area contributed by atoms with E-state index in [1.807, 2.05) is 51.1 Å². The fourth-order valence-corrected chi connectivity index (χ4v) is 4.98. The van der Waals surface area contributed by atoms with Crippen LogP contribution in [-0.4, -0.2) is 61.6 Å². The summed E-state index contributed by atoms with van der Waals surface area (Å²) in [5.41, 5.74) is -0.534. The third-order valence-electron chi connectivity index (χ3n) is 6.67. The van der Waals surface area contributed by atoms with Gasteiger partial charge >= 0.3 is 12.1 Å². The Kier molecular flexibility index (Phi) is 11.1. The third kappa shape index (κ3) is 9.25. The Labute approximate surface area is 261 Å². The molecule has 0 aliphatic carbocycles. The Bertz CT molecular complexity index is 1470. The number of carbonyl (C=O) groups is 3. The van der Waals surface area contributed by atoms with E-state index in [2.05, 4.69) is 5.32 Å². The first-order valence-electron chi connectivity index (χ1n) is 14.1. The van der Waals surface area contributed by atoms with E-state index in [4.69, 9.17) is 21.3 Å². The van der Waals surface area contributed by atoms with Crippen molar-refractivity contribution in [3.05, 3.63) is 77.8 Å². The van der Waals surface area contributed by atoms with Gasteiger partial charge in [0.15, 0.2) is 0 Å². The summed E-state index contributed by atoms with van der Waals surface area (Å²) in [5.74, 6) is -3.15. The second-order valence-corrected chi connectivity index (χ2v) is 12.8. The highest BCUT2D eigenvalue weighted by Crippen LogP contribution is 2.39. The van der Waals surface area contributed by atoms with E-state index in [0.717, 1.165) is 23.8 Å². The number of aromatic nitrogens is 2. The van der Waals surface area contributed by atoms with Crippen LogP contribution in [0.5, 0.6) is 0 Å². The van der Waals surface area contributed by atoms with Crippen LogP contribution < -0.4 is 5.32 Å². The lowest BCUT2D eigenvalue weighted by molar-refractivity contribution is -0.141. The number of alkyl carbamates (subject to hydrolysis) is 1. The van der Waals surface area contributed by atoms with Crippen molar-refractivity contribution in [2.24, 2.45) is 5.41 Å². The number of benzene rings is 2. The lowest BCUT2D eigenvalue weighted by Crippen LogP contribution is -2.48. The van der Waals surface area contributed by atoms with Crippen molar-refractivity contribution in [1.29, 1.82) is 0 Å². The van der Waals surface area contributed by atoms with Gasteiger partial charge in [0.1, 0.15) is 35.0 Å². The largest absolute Gasteiger partial charge is 0.480 e. The van der Waals surface area contributed by atoms with Crippen LogP contribution >= 0.6 is 11.6 Å². The van der Waals surface area contributed by atoms with E-state index in [0.29, 0.717) is 12.4 Å². The minimum Gasteiger partial charge on any atom is -0.480 e. The van der Waals surface area contributed by atoms with Crippen LogP contribution in [0.2, 0.25) is 0 Å². The topological polar surface area (TPSA) is 114 Å². The lowest BCUT2D eigenvalue weighted by atomic mass is 9.84. The predicted molar refractivity (Wildman–Crippen MR) is 163 cm³/mol. The summed E-state index contributed by atoms with van der Waals surface area (Å²) in [6.07, 6.45) is 0.522. The molecule has 0 radical (unpaired) electrons. The second kappa shape index (κ2) is 14.2. The molecule has 0 saturated heterocycles. The van der Waals surface area contributed by atoms with Crippen molar-refractivity contribution in [3.8, 4) is 11.3 Å². The van der Waals surface area contributed by atoms with Crippen LogP contribution in [0, 0.1) is 17.0 Å². The Balaban J connectivity index is 2.10. The van der Waals surface area contributed by atoms with Gasteiger partial charge < -0.3 is 24.6 Å². The van der Waals surface area contributed by atoms with E-state index in [9.17, 15) is 28.3 Å². The molecule has 2 N–H and O–H groups in total. The van der Waals surface area contributed by atoms with Crippen molar-refractivity contribution in [3.63, 3.8) is 0 Å². The predicted octanol–water partition coefficient (Wildman–Crippen LogP) is 6.40. The normalized spacial score (nSPS) is 13.2. The summed E-state index contributed by atoms with van der Waals surface area (Å²) in [6.45, 7) is 10.8. The van der Waals surface area contributed by atoms with E-state index >= 15 is 0 Å². The Morgan fingerprint density at radius 2 is 1.73 bits per heavy atom. The fraction of sp³-hybridized carbons (Fsp3) is 0.438. The molecule has 2 atom stereocenters. The summed E-state index contributed by atoms with van der Waals surface area (Å²) >= 11 is 6.06. The molecule has 1 heterocycles. The van der Waals surface area contributed by atoms with Crippen LogP contribution in [0.15, 0.2) is 54.7 Å². The summed E-state index contributed by atoms with van der Waals surface area (Å²) in [7, 11) is 0. The number of imidazole rings is 1. The molecule has 12 heteroatoms. The summed E-state index contributed by atoms with van der Waals surface area (Å²) in [6, 6.07) is 10.3. The minimum absolute atomic E-state index is 0.0477. The molecule has 2 amide bonds. The van der Waals surface area contributed by atoms with Crippen molar-refractivity contribution < 1.29 is 33.0 Å². The quantitative estimate of drug-likeness (QED) is 0.237. The van der Waals surface area contributed by atoms with Crippen LogP contribution in [0.1, 0.15) is 65.4 Å². The number of nitrogens with zero attached hydrogens (tertiary/aromatic N) is 3. The highest BCUT2D eigenvalue weighted by molar-refractivity contribution is 6.27. The van der Waals surface area contributed by atoms with Crippen molar-refractivity contribution >= 4 is 29.6 Å². The zero-order valence-corrected chi connectivity index (χ0v) is 26.5. The standard InChI is InChI=1S/C32H39ClF2N4O5/c1-31(2,3)27(39(26(40)17-33)15-14-24(29(41)42)37-30(43)44-32(4,5)6)28-36-25(22-16-21(34)12-13-23(22)35)19-38(28)18-20-10-8-7-9-11-20/h7-13,16,19,24,27H,14-15,17-18H2,1-6H3,(H,37,43)(H,41,42)/t24-,27-/m0/s1. The number of carbonyl (C=O) groups excluding carboxylic acids is 2. The number of hydrogen-bond acceptors (Lipinski definition) is 5. The average molecular weight is 633 g/mol. The number of hydrogen-bond donors (Lipinski definition) is 2. The Morgan fingerprint density at radius 1 is 1.07 bits per heavy atom. The molecule has 0 aliphatic rings. The van der Waals surface area contributed by atoms with Gasteiger partial charge in [0.2, 0.25) is 5.91 Å². The van der Waals surface area contributed by atoms with Crippen molar-refractivity contribution in [2.75, 3.05) is 12.4 Å². The van der Waals surface area contributed by atoms with Gasteiger partial charge in [-0.15, -0.1) is 11.6 Å². The maximum Gasteiger partial charge on any atom is 0.408 e. The smallest absolute Gasteiger partial charge is 0.408 e. The van der Waals surface area contributed by atoms with Crippen LogP contribution in [0.4, 0.5) is 13.6 Å². The highest BCUT2D eigenvalue weighted by Gasteiger charge is 2.39. The van der Waals surface area contributed by atoms with E-state index in [-0.39, 0.29) is 24.2 Å². The SMILES string of the molecule is CC(C)(C)OC(=O)N[C@@H](CCN(C(=O)CCl)[C@@H](c1nc(-c2cc(F)ccc2F)cn1Cc1ccccc1)C(C)(C)C)C(=O)O. The number of ether oxygens (including phenoxy) is 1. The molecule has 3 rings (SSSR count). The van der Waals surface area contributed by atoms with Crippen LogP contribution in [-0.2, 0) is 20.9 Å². The number of halogens is 3. The maximum atomic E-state index is 14.9. The first-order valence-corrected chi connectivity index (χ1v) is 14.7. The van der Waals surface area contributed by atoms with Gasteiger partial charge in [0, 0.05) is 24.8 Å². The second-order valence-electron chi connectivity index (χ2n) is 12.5. The van der Waals surface area contributed by atoms with E-state index in [1.54, 1.807) is 31.5 Å². The first kappa shape index (κ1) is 34.5. The van der Waals surface area contributed by atoms with E-state index < -0.39 is 58.6 Å². The van der Waals surface area contributed by atoms with Gasteiger partial charge in [-0.2, -0.15) is 0 Å². The number of carboxylic acid groups (broad SMARTS) is 1. The molecule has 0 bridgehead atoms. The molecular formula is C32H39ClF2N4O5. The number of aliphatic carboxylic acids is 1.